The Kier molecular flexibility index (Phi) is 4.66. The van der Waals surface area contributed by atoms with Gasteiger partial charge in [0.25, 0.3) is 5.56 Å². The van der Waals surface area contributed by atoms with Gasteiger partial charge < -0.3 is 14.8 Å². The minimum atomic E-state index is -0.481. The van der Waals surface area contributed by atoms with Gasteiger partial charge in [0, 0.05) is 5.69 Å². The Morgan fingerprint density at radius 2 is 2.00 bits per heavy atom. The second-order valence-corrected chi connectivity index (χ2v) is 6.78. The average Bonchev–Trinajstić information content (AvgIpc) is 3.11. The van der Waals surface area contributed by atoms with E-state index in [1.54, 1.807) is 12.1 Å². The summed E-state index contributed by atoms with van der Waals surface area (Å²) in [6.45, 7) is 2.53. The van der Waals surface area contributed by atoms with Crippen molar-refractivity contribution < 1.29 is 14.3 Å². The van der Waals surface area contributed by atoms with Gasteiger partial charge in [0.15, 0.2) is 0 Å². The summed E-state index contributed by atoms with van der Waals surface area (Å²) in [7, 11) is 1.31. The predicted molar refractivity (Wildman–Crippen MR) is 107 cm³/mol. The van der Waals surface area contributed by atoms with Crippen LogP contribution in [0.2, 0.25) is 0 Å². The number of hydrogen-bond acceptors (Lipinski definition) is 8. The summed E-state index contributed by atoms with van der Waals surface area (Å²) in [6.07, 6.45) is 0. The predicted octanol–water partition coefficient (Wildman–Crippen LogP) is 3.23. The molecule has 0 fully saturated rings. The zero-order valence-electron chi connectivity index (χ0n) is 15.1. The zero-order chi connectivity index (χ0) is 19.7. The molecule has 0 radical (unpaired) electrons. The van der Waals surface area contributed by atoms with E-state index in [2.05, 4.69) is 15.4 Å². The number of carbonyl (C=O) groups excluding carboxylic acids is 1. The molecule has 2 heterocycles. The lowest BCUT2D eigenvalue weighted by molar-refractivity contribution is 0.0601. The fourth-order valence-corrected chi connectivity index (χ4v) is 3.55. The van der Waals surface area contributed by atoms with Crippen molar-refractivity contribution in [3.05, 3.63) is 58.4 Å². The van der Waals surface area contributed by atoms with Crippen LogP contribution in [-0.4, -0.2) is 34.3 Å². The number of fused-ring (bicyclic) bond motifs is 2. The van der Waals surface area contributed by atoms with Gasteiger partial charge in [-0.25, -0.2) is 9.78 Å². The van der Waals surface area contributed by atoms with Crippen molar-refractivity contribution in [1.29, 1.82) is 0 Å². The van der Waals surface area contributed by atoms with Crippen molar-refractivity contribution in [3.8, 4) is 5.75 Å². The van der Waals surface area contributed by atoms with Crippen LogP contribution in [0.1, 0.15) is 17.3 Å². The van der Waals surface area contributed by atoms with E-state index < -0.39 is 5.97 Å². The fraction of sp³-hybridized carbons (Fsp3) is 0.158. The molecular formula is C19H16N4O4S. The van der Waals surface area contributed by atoms with E-state index in [-0.39, 0.29) is 5.56 Å². The van der Waals surface area contributed by atoms with Crippen molar-refractivity contribution in [1.82, 2.24) is 14.6 Å². The Balaban J connectivity index is 1.71. The molecule has 2 aromatic carbocycles. The summed E-state index contributed by atoms with van der Waals surface area (Å²) in [5.74, 6) is 0.300. The highest BCUT2D eigenvalue weighted by molar-refractivity contribution is 7.20. The third kappa shape index (κ3) is 3.27. The quantitative estimate of drug-likeness (QED) is 0.518. The summed E-state index contributed by atoms with van der Waals surface area (Å²) < 4.78 is 11.4. The minimum absolute atomic E-state index is 0.299. The number of hydrogen-bond donors (Lipinski definition) is 1. The maximum Gasteiger partial charge on any atom is 0.337 e. The summed E-state index contributed by atoms with van der Waals surface area (Å²) in [5, 5.41) is 8.38. The minimum Gasteiger partial charge on any atom is -0.494 e. The van der Waals surface area contributed by atoms with Crippen molar-refractivity contribution in [2.75, 3.05) is 19.0 Å². The number of ether oxygens (including phenoxy) is 2. The number of esters is 1. The molecule has 9 heteroatoms. The fourth-order valence-electron chi connectivity index (χ4n) is 2.73. The molecule has 0 atom stereocenters. The number of methoxy groups -OCH3 is 1. The van der Waals surface area contributed by atoms with E-state index in [0.717, 1.165) is 11.4 Å². The SMILES string of the molecule is CCOc1ccc(Nc2nn3c(=O)c4ccc(C(=O)OC)cc4nc3s2)cc1. The van der Waals surface area contributed by atoms with Crippen LogP contribution in [0.15, 0.2) is 47.3 Å². The number of rotatable bonds is 5. The van der Waals surface area contributed by atoms with Crippen LogP contribution in [0, 0.1) is 0 Å². The monoisotopic (exact) mass is 396 g/mol. The number of benzene rings is 2. The molecule has 1 N–H and O–H groups in total. The van der Waals surface area contributed by atoms with Gasteiger partial charge in [0.1, 0.15) is 5.75 Å². The van der Waals surface area contributed by atoms with Crippen LogP contribution in [0.5, 0.6) is 5.75 Å². The van der Waals surface area contributed by atoms with Crippen LogP contribution in [0.3, 0.4) is 0 Å². The first-order valence-corrected chi connectivity index (χ1v) is 9.32. The Labute approximate surface area is 163 Å². The molecule has 0 saturated heterocycles. The third-order valence-corrected chi connectivity index (χ3v) is 4.86. The smallest absolute Gasteiger partial charge is 0.337 e. The number of nitrogens with zero attached hydrogens (tertiary/aromatic N) is 3. The zero-order valence-corrected chi connectivity index (χ0v) is 15.9. The topological polar surface area (TPSA) is 94.8 Å². The Morgan fingerprint density at radius 3 is 2.71 bits per heavy atom. The number of nitrogens with one attached hydrogen (secondary N) is 1. The average molecular weight is 396 g/mol. The maximum atomic E-state index is 12.7. The molecule has 0 aliphatic rings. The van der Waals surface area contributed by atoms with E-state index in [1.165, 1.54) is 29.0 Å². The molecule has 4 aromatic rings. The normalized spacial score (nSPS) is 10.9. The van der Waals surface area contributed by atoms with Crippen molar-refractivity contribution >= 4 is 44.0 Å². The second-order valence-electron chi connectivity index (χ2n) is 5.82. The number of aromatic nitrogens is 3. The molecule has 4 rings (SSSR count). The largest absolute Gasteiger partial charge is 0.494 e. The molecule has 0 spiro atoms. The van der Waals surface area contributed by atoms with Gasteiger partial charge in [-0.3, -0.25) is 4.79 Å². The maximum absolute atomic E-state index is 12.7. The van der Waals surface area contributed by atoms with Gasteiger partial charge in [-0.1, -0.05) is 11.3 Å². The van der Waals surface area contributed by atoms with Gasteiger partial charge in [0.05, 0.1) is 30.2 Å². The summed E-state index contributed by atoms with van der Waals surface area (Å²) >= 11 is 1.24. The molecule has 0 aliphatic heterocycles. The molecule has 2 aromatic heterocycles. The number of anilines is 2. The van der Waals surface area contributed by atoms with Crippen molar-refractivity contribution in [2.45, 2.75) is 6.92 Å². The standard InChI is InChI=1S/C19H16N4O4S/c1-3-27-13-7-5-12(6-8-13)20-18-22-23-16(24)14-9-4-11(17(25)26-2)10-15(14)21-19(23)28-18/h4-10H,3H2,1-2H3,(H,20,22). The van der Waals surface area contributed by atoms with Crippen LogP contribution in [-0.2, 0) is 4.74 Å². The van der Waals surface area contributed by atoms with Gasteiger partial charge in [-0.15, -0.1) is 5.10 Å². The Morgan fingerprint density at radius 1 is 1.21 bits per heavy atom. The molecule has 0 saturated carbocycles. The highest BCUT2D eigenvalue weighted by Crippen LogP contribution is 2.24. The van der Waals surface area contributed by atoms with Gasteiger partial charge >= 0.3 is 5.97 Å². The van der Waals surface area contributed by atoms with E-state index in [9.17, 15) is 9.59 Å². The lowest BCUT2D eigenvalue weighted by Crippen LogP contribution is -2.15. The molecule has 0 bridgehead atoms. The lowest BCUT2D eigenvalue weighted by Gasteiger charge is -2.04. The van der Waals surface area contributed by atoms with Crippen LogP contribution in [0.4, 0.5) is 10.8 Å². The first kappa shape index (κ1) is 17.9. The van der Waals surface area contributed by atoms with Crippen LogP contribution in [0.25, 0.3) is 15.9 Å². The summed E-state index contributed by atoms with van der Waals surface area (Å²) in [6, 6.07) is 12.1. The molecule has 0 unspecified atom stereocenters. The van der Waals surface area contributed by atoms with E-state index in [0.29, 0.717) is 33.2 Å². The van der Waals surface area contributed by atoms with Gasteiger partial charge in [-0.2, -0.15) is 4.52 Å². The Bertz CT molecular complexity index is 1230. The first-order valence-electron chi connectivity index (χ1n) is 8.51. The van der Waals surface area contributed by atoms with Crippen molar-refractivity contribution in [2.24, 2.45) is 0 Å². The van der Waals surface area contributed by atoms with Crippen LogP contribution < -0.4 is 15.6 Å². The second kappa shape index (κ2) is 7.28. The lowest BCUT2D eigenvalue weighted by atomic mass is 10.1. The molecule has 8 nitrogen and oxygen atoms in total. The van der Waals surface area contributed by atoms with E-state index in [1.807, 2.05) is 31.2 Å². The van der Waals surface area contributed by atoms with Gasteiger partial charge in [-0.05, 0) is 49.4 Å². The highest BCUT2D eigenvalue weighted by Gasteiger charge is 2.14. The molecule has 0 amide bonds. The highest BCUT2D eigenvalue weighted by atomic mass is 32.1. The summed E-state index contributed by atoms with van der Waals surface area (Å²) in [5.41, 5.74) is 1.27. The molecule has 28 heavy (non-hydrogen) atoms. The molecular weight excluding hydrogens is 380 g/mol. The third-order valence-electron chi connectivity index (χ3n) is 4.03. The van der Waals surface area contributed by atoms with E-state index >= 15 is 0 Å². The van der Waals surface area contributed by atoms with Crippen molar-refractivity contribution in [3.63, 3.8) is 0 Å². The Hall–Kier alpha value is -3.46. The van der Waals surface area contributed by atoms with E-state index in [4.69, 9.17) is 9.47 Å². The summed E-state index contributed by atoms with van der Waals surface area (Å²) in [4.78, 5) is 29.3. The molecule has 0 aliphatic carbocycles. The first-order chi connectivity index (χ1) is 13.6. The van der Waals surface area contributed by atoms with Gasteiger partial charge in [0.2, 0.25) is 10.1 Å². The molecule has 142 valence electrons. The van der Waals surface area contributed by atoms with Crippen LogP contribution >= 0.6 is 11.3 Å². The number of carbonyl (C=O) groups is 1.